The number of carbonyl (C=O) groups is 2. The molecule has 0 radical (unpaired) electrons. The highest BCUT2D eigenvalue weighted by molar-refractivity contribution is 7.94. The third kappa shape index (κ3) is 3.16. The van der Waals surface area contributed by atoms with Crippen LogP contribution in [0.25, 0.3) is 0 Å². The molecule has 1 aliphatic heterocycles. The molecule has 112 valence electrons. The summed E-state index contributed by atoms with van der Waals surface area (Å²) in [5.41, 5.74) is 0. The molecule has 0 saturated carbocycles. The van der Waals surface area contributed by atoms with E-state index in [1.165, 1.54) is 11.1 Å². The van der Waals surface area contributed by atoms with E-state index in [1.807, 2.05) is 0 Å². The van der Waals surface area contributed by atoms with Gasteiger partial charge in [-0.3, -0.25) is 9.59 Å². The van der Waals surface area contributed by atoms with E-state index in [0.717, 1.165) is 6.08 Å². The standard InChI is InChI=1S/C13H20N2O4S/c1-5-10(16)12(9-14(3)4)20(18,19)11-7-8-15(6-2)13(11)17/h5-6,11-12H,1-2,7-9H2,3-4H3. The molecule has 1 amide bonds. The van der Waals surface area contributed by atoms with Crippen LogP contribution in [-0.2, 0) is 19.4 Å². The molecule has 1 aliphatic rings. The number of hydrogen-bond acceptors (Lipinski definition) is 5. The first kappa shape index (κ1) is 16.6. The lowest BCUT2D eigenvalue weighted by molar-refractivity contribution is -0.125. The van der Waals surface area contributed by atoms with Gasteiger partial charge in [-0.1, -0.05) is 13.2 Å². The van der Waals surface area contributed by atoms with E-state index < -0.39 is 32.0 Å². The Balaban J connectivity index is 3.11. The summed E-state index contributed by atoms with van der Waals surface area (Å²) in [6, 6.07) is 0. The van der Waals surface area contributed by atoms with Crippen LogP contribution in [0.3, 0.4) is 0 Å². The SMILES string of the molecule is C=CC(=O)C(CN(C)C)S(=O)(=O)C1CCN(C=C)C1=O. The zero-order chi connectivity index (χ0) is 15.5. The highest BCUT2D eigenvalue weighted by Crippen LogP contribution is 2.23. The lowest BCUT2D eigenvalue weighted by atomic mass is 10.2. The average molecular weight is 300 g/mol. The Morgan fingerprint density at radius 1 is 1.50 bits per heavy atom. The van der Waals surface area contributed by atoms with Crippen LogP contribution >= 0.6 is 0 Å². The summed E-state index contributed by atoms with van der Waals surface area (Å²) in [5, 5.41) is -2.43. The van der Waals surface area contributed by atoms with Gasteiger partial charge in [-0.05, 0) is 32.8 Å². The Bertz CT molecular complexity index is 524. The smallest absolute Gasteiger partial charge is 0.244 e. The van der Waals surface area contributed by atoms with E-state index in [1.54, 1.807) is 19.0 Å². The first-order valence-corrected chi connectivity index (χ1v) is 7.83. The molecule has 6 nitrogen and oxygen atoms in total. The van der Waals surface area contributed by atoms with Crippen LogP contribution in [0.2, 0.25) is 0 Å². The molecular weight excluding hydrogens is 280 g/mol. The van der Waals surface area contributed by atoms with Crippen molar-refractivity contribution >= 4 is 21.5 Å². The van der Waals surface area contributed by atoms with Crippen molar-refractivity contribution in [2.75, 3.05) is 27.2 Å². The Labute approximate surface area is 119 Å². The van der Waals surface area contributed by atoms with Crippen LogP contribution in [0, 0.1) is 0 Å². The molecule has 20 heavy (non-hydrogen) atoms. The van der Waals surface area contributed by atoms with E-state index >= 15 is 0 Å². The number of rotatable bonds is 7. The molecule has 1 fully saturated rings. The van der Waals surface area contributed by atoms with Gasteiger partial charge >= 0.3 is 0 Å². The third-order valence-corrected chi connectivity index (χ3v) is 5.66. The van der Waals surface area contributed by atoms with Crippen LogP contribution in [0.15, 0.2) is 25.4 Å². The quantitative estimate of drug-likeness (QED) is 0.610. The lowest BCUT2D eigenvalue weighted by Gasteiger charge is -2.22. The molecular formula is C13H20N2O4S. The fourth-order valence-electron chi connectivity index (χ4n) is 2.18. The van der Waals surface area contributed by atoms with E-state index in [4.69, 9.17) is 0 Å². The minimum Gasteiger partial charge on any atom is -0.318 e. The molecule has 0 N–H and O–H groups in total. The van der Waals surface area contributed by atoms with E-state index in [0.29, 0.717) is 6.54 Å². The van der Waals surface area contributed by atoms with Gasteiger partial charge in [0.1, 0.15) is 10.5 Å². The van der Waals surface area contributed by atoms with E-state index in [9.17, 15) is 18.0 Å². The normalized spacial score (nSPS) is 21.1. The number of amides is 1. The van der Waals surface area contributed by atoms with Gasteiger partial charge in [-0.2, -0.15) is 0 Å². The van der Waals surface area contributed by atoms with Gasteiger partial charge in [0.25, 0.3) is 0 Å². The number of carbonyl (C=O) groups excluding carboxylic acids is 2. The summed E-state index contributed by atoms with van der Waals surface area (Å²) in [5.74, 6) is -1.09. The van der Waals surface area contributed by atoms with Gasteiger partial charge in [0.05, 0.1) is 0 Å². The van der Waals surface area contributed by atoms with Crippen molar-refractivity contribution in [3.05, 3.63) is 25.4 Å². The zero-order valence-corrected chi connectivity index (χ0v) is 12.6. The van der Waals surface area contributed by atoms with Gasteiger partial charge in [0.2, 0.25) is 5.91 Å². The number of ketones is 1. The predicted molar refractivity (Wildman–Crippen MR) is 76.8 cm³/mol. The maximum atomic E-state index is 12.6. The lowest BCUT2D eigenvalue weighted by Crippen LogP contribution is -2.45. The second-order valence-corrected chi connectivity index (χ2v) is 7.25. The number of nitrogens with zero attached hydrogens (tertiary/aromatic N) is 2. The molecule has 0 aromatic carbocycles. The minimum atomic E-state index is -3.90. The molecule has 1 rings (SSSR count). The Morgan fingerprint density at radius 3 is 2.50 bits per heavy atom. The third-order valence-electron chi connectivity index (χ3n) is 3.25. The number of hydrogen-bond donors (Lipinski definition) is 0. The van der Waals surface area contributed by atoms with Crippen molar-refractivity contribution in [3.8, 4) is 0 Å². The molecule has 0 spiro atoms. The Hall–Kier alpha value is -1.47. The number of allylic oxidation sites excluding steroid dienone is 1. The molecule has 0 bridgehead atoms. The number of sulfone groups is 1. The maximum absolute atomic E-state index is 12.6. The van der Waals surface area contributed by atoms with Crippen molar-refractivity contribution in [1.82, 2.24) is 9.80 Å². The van der Waals surface area contributed by atoms with Crippen LogP contribution in [0.4, 0.5) is 0 Å². The van der Waals surface area contributed by atoms with E-state index in [-0.39, 0.29) is 13.0 Å². The maximum Gasteiger partial charge on any atom is 0.244 e. The average Bonchev–Trinajstić information content (AvgIpc) is 2.76. The summed E-state index contributed by atoms with van der Waals surface area (Å²) in [6.45, 7) is 7.15. The summed E-state index contributed by atoms with van der Waals surface area (Å²) >= 11 is 0. The predicted octanol–water partition coefficient (Wildman–Crippen LogP) is -0.169. The topological polar surface area (TPSA) is 74.8 Å². The zero-order valence-electron chi connectivity index (χ0n) is 11.8. The van der Waals surface area contributed by atoms with Crippen molar-refractivity contribution in [3.63, 3.8) is 0 Å². The van der Waals surface area contributed by atoms with E-state index in [2.05, 4.69) is 13.2 Å². The van der Waals surface area contributed by atoms with Crippen LogP contribution in [0.1, 0.15) is 6.42 Å². The molecule has 0 aromatic heterocycles. The molecule has 2 unspecified atom stereocenters. The largest absolute Gasteiger partial charge is 0.318 e. The molecule has 0 aromatic rings. The van der Waals surface area contributed by atoms with Crippen molar-refractivity contribution in [2.45, 2.75) is 16.9 Å². The molecule has 7 heteroatoms. The fraction of sp³-hybridized carbons (Fsp3) is 0.538. The van der Waals surface area contributed by atoms with Crippen LogP contribution in [0.5, 0.6) is 0 Å². The van der Waals surface area contributed by atoms with Gasteiger partial charge in [-0.25, -0.2) is 8.42 Å². The minimum absolute atomic E-state index is 0.0328. The van der Waals surface area contributed by atoms with Gasteiger partial charge in [0, 0.05) is 13.1 Å². The Kier molecular flexibility index (Phi) is 5.24. The summed E-state index contributed by atoms with van der Waals surface area (Å²) in [4.78, 5) is 26.7. The molecule has 2 atom stereocenters. The monoisotopic (exact) mass is 300 g/mol. The first-order valence-electron chi connectivity index (χ1n) is 6.22. The van der Waals surface area contributed by atoms with Gasteiger partial charge < -0.3 is 9.80 Å². The fourth-order valence-corrected chi connectivity index (χ4v) is 4.35. The molecule has 0 aliphatic carbocycles. The highest BCUT2D eigenvalue weighted by atomic mass is 32.2. The second-order valence-electron chi connectivity index (χ2n) is 4.94. The first-order chi connectivity index (χ1) is 9.25. The molecule has 1 saturated heterocycles. The highest BCUT2D eigenvalue weighted by Gasteiger charge is 2.46. The number of likely N-dealkylation sites (tertiary alicyclic amines) is 1. The van der Waals surface area contributed by atoms with Crippen molar-refractivity contribution in [1.29, 1.82) is 0 Å². The van der Waals surface area contributed by atoms with Crippen molar-refractivity contribution in [2.24, 2.45) is 0 Å². The van der Waals surface area contributed by atoms with Crippen molar-refractivity contribution < 1.29 is 18.0 Å². The van der Waals surface area contributed by atoms with Gasteiger partial charge in [0.15, 0.2) is 15.6 Å². The second kappa shape index (κ2) is 6.32. The van der Waals surface area contributed by atoms with Gasteiger partial charge in [-0.15, -0.1) is 0 Å². The summed E-state index contributed by atoms with van der Waals surface area (Å²) in [7, 11) is -0.557. The van der Waals surface area contributed by atoms with Crippen LogP contribution < -0.4 is 0 Å². The Morgan fingerprint density at radius 2 is 2.10 bits per heavy atom. The molecule has 1 heterocycles. The summed E-state index contributed by atoms with van der Waals surface area (Å²) in [6.07, 6.45) is 2.49. The summed E-state index contributed by atoms with van der Waals surface area (Å²) < 4.78 is 25.1. The van der Waals surface area contributed by atoms with Crippen LogP contribution in [-0.4, -0.2) is 67.6 Å².